The van der Waals surface area contributed by atoms with Crippen LogP contribution in [0.2, 0.25) is 0 Å². The normalized spacial score (nSPS) is 16.1. The predicted octanol–water partition coefficient (Wildman–Crippen LogP) is 5.64. The molecule has 0 unspecified atom stereocenters. The molecule has 0 amide bonds. The third-order valence-electron chi connectivity index (χ3n) is 7.40. The Balaban J connectivity index is 0.00000144. The number of hydrogen-bond acceptors (Lipinski definition) is 6. The van der Waals surface area contributed by atoms with Gasteiger partial charge in [-0.15, -0.1) is 6.42 Å². The summed E-state index contributed by atoms with van der Waals surface area (Å²) in [7, 11) is 1.45. The summed E-state index contributed by atoms with van der Waals surface area (Å²) in [6.45, 7) is 7.55. The zero-order valence-corrected chi connectivity index (χ0v) is 21.7. The van der Waals surface area contributed by atoms with Gasteiger partial charge in [0.15, 0.2) is 5.82 Å². The molecular weight excluding hydrogens is 486 g/mol. The highest BCUT2D eigenvalue weighted by Crippen LogP contribution is 2.41. The second-order valence-electron chi connectivity index (χ2n) is 9.64. The lowest BCUT2D eigenvalue weighted by Gasteiger charge is -2.49. The van der Waals surface area contributed by atoms with E-state index in [1.807, 2.05) is 13.8 Å². The minimum atomic E-state index is -0.620. The Hall–Kier alpha value is -3.96. The lowest BCUT2D eigenvalue weighted by Crippen LogP contribution is -2.61. The number of halogens is 2. The molecule has 0 atom stereocenters. The molecule has 6 nitrogen and oxygen atoms in total. The summed E-state index contributed by atoms with van der Waals surface area (Å²) in [5.41, 5.74) is 0.743. The van der Waals surface area contributed by atoms with E-state index >= 15 is 4.39 Å². The average Bonchev–Trinajstić information content (AvgIpc) is 2.93. The number of terminal acetylenes is 1. The van der Waals surface area contributed by atoms with Gasteiger partial charge in [-0.25, -0.2) is 8.78 Å². The van der Waals surface area contributed by atoms with E-state index in [4.69, 9.17) is 11.2 Å². The molecule has 1 aromatic heterocycles. The topological polar surface area (TPSA) is 70.5 Å². The molecule has 0 saturated carbocycles. The lowest BCUT2D eigenvalue weighted by atomic mass is 9.75. The predicted molar refractivity (Wildman–Crippen MR) is 147 cm³/mol. The summed E-state index contributed by atoms with van der Waals surface area (Å²) in [4.78, 5) is 11.1. The SMILES string of the molecule is C#Cc1c(F)ccc2cc(O)cc(-c3ccc4c(N5CCCC6(CNC6)C5)nc(OC)nc4c3F)c12.CC. The summed E-state index contributed by atoms with van der Waals surface area (Å²) in [5, 5.41) is 15.1. The molecule has 4 aromatic rings. The molecule has 0 aliphatic carbocycles. The Morgan fingerprint density at radius 2 is 1.89 bits per heavy atom. The third-order valence-corrected chi connectivity index (χ3v) is 7.40. The van der Waals surface area contributed by atoms with Gasteiger partial charge in [0.2, 0.25) is 0 Å². The maximum absolute atomic E-state index is 16.2. The lowest BCUT2D eigenvalue weighted by molar-refractivity contribution is 0.138. The van der Waals surface area contributed by atoms with E-state index in [1.54, 1.807) is 12.1 Å². The summed E-state index contributed by atoms with van der Waals surface area (Å²) in [6, 6.07) is 9.07. The van der Waals surface area contributed by atoms with Crippen molar-refractivity contribution in [2.75, 3.05) is 38.2 Å². The highest BCUT2D eigenvalue weighted by atomic mass is 19.1. The third kappa shape index (κ3) is 4.17. The molecule has 3 aromatic carbocycles. The molecule has 3 heterocycles. The highest BCUT2D eigenvalue weighted by Gasteiger charge is 2.41. The van der Waals surface area contributed by atoms with E-state index in [0.29, 0.717) is 22.0 Å². The van der Waals surface area contributed by atoms with Crippen molar-refractivity contribution in [3.8, 4) is 35.2 Å². The number of benzene rings is 3. The van der Waals surface area contributed by atoms with E-state index < -0.39 is 11.6 Å². The molecule has 2 saturated heterocycles. The smallest absolute Gasteiger partial charge is 0.318 e. The number of piperidine rings is 1. The Kier molecular flexibility index (Phi) is 6.80. The summed E-state index contributed by atoms with van der Waals surface area (Å²) in [6.07, 6.45) is 7.78. The van der Waals surface area contributed by atoms with Gasteiger partial charge in [-0.1, -0.05) is 31.9 Å². The number of aromatic hydroxyl groups is 1. The molecule has 0 bridgehead atoms. The monoisotopic (exact) mass is 516 g/mol. The van der Waals surface area contributed by atoms with Crippen LogP contribution in [0.5, 0.6) is 11.8 Å². The zero-order valence-electron chi connectivity index (χ0n) is 21.7. The molecule has 38 heavy (non-hydrogen) atoms. The van der Waals surface area contributed by atoms with Crippen molar-refractivity contribution >= 4 is 27.5 Å². The van der Waals surface area contributed by atoms with Gasteiger partial charge in [-0.05, 0) is 48.1 Å². The fourth-order valence-corrected chi connectivity index (χ4v) is 5.60. The second kappa shape index (κ2) is 10.1. The Bertz CT molecular complexity index is 1580. The minimum absolute atomic E-state index is 0.00989. The maximum Gasteiger partial charge on any atom is 0.318 e. The number of hydrogen-bond donors (Lipinski definition) is 2. The summed E-state index contributed by atoms with van der Waals surface area (Å²) in [5.74, 6) is 1.71. The first-order valence-electron chi connectivity index (χ1n) is 12.9. The number of anilines is 1. The molecule has 2 aliphatic rings. The van der Waals surface area contributed by atoms with Crippen LogP contribution < -0.4 is 15.0 Å². The molecule has 196 valence electrons. The highest BCUT2D eigenvalue weighted by molar-refractivity contribution is 6.04. The van der Waals surface area contributed by atoms with Crippen molar-refractivity contribution < 1.29 is 18.6 Å². The van der Waals surface area contributed by atoms with Gasteiger partial charge in [0.1, 0.15) is 22.9 Å². The number of nitrogens with one attached hydrogen (secondary N) is 1. The number of aromatic nitrogens is 2. The van der Waals surface area contributed by atoms with Crippen LogP contribution >= 0.6 is 0 Å². The van der Waals surface area contributed by atoms with Crippen molar-refractivity contribution in [2.24, 2.45) is 5.41 Å². The number of ether oxygens (including phenoxy) is 1. The minimum Gasteiger partial charge on any atom is -0.508 e. The van der Waals surface area contributed by atoms with Gasteiger partial charge in [-0.2, -0.15) is 9.97 Å². The Labute approximate surface area is 220 Å². The first kappa shape index (κ1) is 25.7. The molecular formula is C30H30F2N4O2. The molecule has 6 rings (SSSR count). The van der Waals surface area contributed by atoms with Crippen molar-refractivity contribution in [1.82, 2.24) is 15.3 Å². The van der Waals surface area contributed by atoms with Gasteiger partial charge in [-0.3, -0.25) is 0 Å². The van der Waals surface area contributed by atoms with Gasteiger partial charge in [0.25, 0.3) is 0 Å². The van der Waals surface area contributed by atoms with Crippen molar-refractivity contribution in [3.63, 3.8) is 0 Å². The van der Waals surface area contributed by atoms with Crippen LogP contribution in [0.25, 0.3) is 32.8 Å². The summed E-state index contributed by atoms with van der Waals surface area (Å²) < 4.78 is 36.2. The number of methoxy groups -OCH3 is 1. The fourth-order valence-electron chi connectivity index (χ4n) is 5.60. The number of fused-ring (bicyclic) bond motifs is 2. The fraction of sp³-hybridized carbons (Fsp3) is 0.333. The number of phenolic OH excluding ortho intramolecular Hbond substituents is 1. The van der Waals surface area contributed by atoms with Crippen LogP contribution in [0.3, 0.4) is 0 Å². The first-order chi connectivity index (χ1) is 18.4. The Morgan fingerprint density at radius 3 is 2.58 bits per heavy atom. The summed E-state index contributed by atoms with van der Waals surface area (Å²) >= 11 is 0. The number of rotatable bonds is 3. The first-order valence-corrected chi connectivity index (χ1v) is 12.9. The number of nitrogens with zero attached hydrogens (tertiary/aromatic N) is 3. The van der Waals surface area contributed by atoms with Crippen LogP contribution in [0, 0.1) is 29.4 Å². The zero-order chi connectivity index (χ0) is 27.0. The molecule has 1 spiro atoms. The van der Waals surface area contributed by atoms with E-state index in [0.717, 1.165) is 39.0 Å². The van der Waals surface area contributed by atoms with E-state index in [9.17, 15) is 9.50 Å². The van der Waals surface area contributed by atoms with Crippen molar-refractivity contribution in [1.29, 1.82) is 0 Å². The van der Waals surface area contributed by atoms with Crippen molar-refractivity contribution in [3.05, 3.63) is 53.6 Å². The van der Waals surface area contributed by atoms with Crippen molar-refractivity contribution in [2.45, 2.75) is 26.7 Å². The van der Waals surface area contributed by atoms with Gasteiger partial charge in [0, 0.05) is 47.9 Å². The van der Waals surface area contributed by atoms with Gasteiger partial charge < -0.3 is 20.1 Å². The molecule has 2 N–H and O–H groups in total. The maximum atomic E-state index is 16.2. The molecule has 2 fully saturated rings. The van der Waals surface area contributed by atoms with Gasteiger partial charge >= 0.3 is 6.01 Å². The molecule has 8 heteroatoms. The largest absolute Gasteiger partial charge is 0.508 e. The molecule has 2 aliphatic heterocycles. The average molecular weight is 517 g/mol. The van der Waals surface area contributed by atoms with Crippen LogP contribution in [0.4, 0.5) is 14.6 Å². The number of phenols is 1. The van der Waals surface area contributed by atoms with E-state index in [-0.39, 0.29) is 39.4 Å². The van der Waals surface area contributed by atoms with Gasteiger partial charge in [0.05, 0.1) is 12.7 Å². The molecule has 0 radical (unpaired) electrons. The van der Waals surface area contributed by atoms with Crippen LogP contribution in [0.15, 0.2) is 36.4 Å². The van der Waals surface area contributed by atoms with Crippen LogP contribution in [-0.2, 0) is 0 Å². The Morgan fingerprint density at radius 1 is 1.11 bits per heavy atom. The second-order valence-corrected chi connectivity index (χ2v) is 9.64. The van der Waals surface area contributed by atoms with E-state index in [2.05, 4.69) is 26.1 Å². The quantitative estimate of drug-likeness (QED) is 0.344. The van der Waals surface area contributed by atoms with Crippen LogP contribution in [0.1, 0.15) is 32.3 Å². The van der Waals surface area contributed by atoms with E-state index in [1.165, 1.54) is 31.4 Å². The van der Waals surface area contributed by atoms with Crippen LogP contribution in [-0.4, -0.2) is 48.4 Å². The standard InChI is InChI=1S/C28H24F2N4O2.C2H6/c1-3-18-22(29)8-5-16-11-17(35)12-21(23(16)18)19-6-7-20-25(24(19)30)32-27(36-2)33-26(20)34-10-4-9-28(15-34)13-31-14-28;1-2/h1,5-8,11-12,31,35H,4,9-10,13-15H2,2H3;1-2H3.